The highest BCUT2D eigenvalue weighted by Gasteiger charge is 2.35. The van der Waals surface area contributed by atoms with Gasteiger partial charge in [-0.15, -0.1) is 0 Å². The Bertz CT molecular complexity index is 849. The van der Waals surface area contributed by atoms with Crippen molar-refractivity contribution in [1.82, 2.24) is 20.2 Å². The zero-order valence-corrected chi connectivity index (χ0v) is 15.3. The summed E-state index contributed by atoms with van der Waals surface area (Å²) in [6, 6.07) is 0. The molecule has 1 aliphatic rings. The van der Waals surface area contributed by atoms with Crippen LogP contribution in [0.25, 0.3) is 0 Å². The number of ether oxygens (including phenoxy) is 1. The van der Waals surface area contributed by atoms with Gasteiger partial charge in [-0.3, -0.25) is 23.9 Å². The smallest absolute Gasteiger partial charge is 0.330 e. The molecule has 0 bridgehead atoms. The number of halogens is 1. The fourth-order valence-electron chi connectivity index (χ4n) is 2.60. The summed E-state index contributed by atoms with van der Waals surface area (Å²) in [5, 5.41) is 15.1. The molecule has 2 amide bonds. The van der Waals surface area contributed by atoms with E-state index in [1.165, 1.54) is 0 Å². The van der Waals surface area contributed by atoms with Crippen molar-refractivity contribution < 1.29 is 23.8 Å². The van der Waals surface area contributed by atoms with Gasteiger partial charge in [0.2, 0.25) is 17.6 Å². The first-order valence-corrected chi connectivity index (χ1v) is 8.90. The third-order valence-electron chi connectivity index (χ3n) is 4.13. The van der Waals surface area contributed by atoms with Crippen LogP contribution in [-0.2, 0) is 14.3 Å². The Morgan fingerprint density at radius 1 is 1.36 bits per heavy atom. The summed E-state index contributed by atoms with van der Waals surface area (Å²) in [7, 11) is 0. The average Bonchev–Trinajstić information content (AvgIpc) is 3.02. The second-order valence-corrected chi connectivity index (χ2v) is 6.30. The molecule has 1 fully saturated rings. The van der Waals surface area contributed by atoms with Crippen LogP contribution in [0, 0.1) is 5.82 Å². The van der Waals surface area contributed by atoms with Gasteiger partial charge in [-0.25, -0.2) is 4.79 Å². The maximum Gasteiger partial charge on any atom is 0.330 e. The van der Waals surface area contributed by atoms with Crippen LogP contribution in [0.4, 0.5) is 4.39 Å². The Balaban J connectivity index is 1.86. The van der Waals surface area contributed by atoms with Gasteiger partial charge in [0.05, 0.1) is 12.3 Å². The van der Waals surface area contributed by atoms with Gasteiger partial charge in [-0.1, -0.05) is 13.3 Å². The van der Waals surface area contributed by atoms with Gasteiger partial charge < -0.3 is 20.5 Å². The van der Waals surface area contributed by atoms with Crippen molar-refractivity contribution in [2.24, 2.45) is 0 Å². The third-order valence-corrected chi connectivity index (χ3v) is 4.13. The second kappa shape index (κ2) is 9.95. The number of aromatic amines is 1. The molecule has 1 aromatic rings. The Morgan fingerprint density at radius 2 is 2.04 bits per heavy atom. The molecule has 0 aliphatic carbocycles. The number of nitrogens with one attached hydrogen (secondary N) is 3. The number of amides is 2. The number of aliphatic hydroxyl groups is 1. The number of unbranched alkanes of at least 4 members (excludes halogenated alkanes) is 1. The van der Waals surface area contributed by atoms with E-state index in [1.54, 1.807) is 0 Å². The highest BCUT2D eigenvalue weighted by Crippen LogP contribution is 2.27. The van der Waals surface area contributed by atoms with E-state index in [1.807, 2.05) is 11.9 Å². The molecule has 4 N–H and O–H groups in total. The minimum absolute atomic E-state index is 0.0262. The topological polar surface area (TPSA) is 143 Å². The molecule has 0 saturated carbocycles. The van der Waals surface area contributed by atoms with E-state index >= 15 is 0 Å². The van der Waals surface area contributed by atoms with E-state index < -0.39 is 41.4 Å². The molecule has 1 aliphatic heterocycles. The van der Waals surface area contributed by atoms with Crippen molar-refractivity contribution in [3.05, 3.63) is 45.0 Å². The zero-order chi connectivity index (χ0) is 20.7. The predicted octanol–water partition coefficient (Wildman–Crippen LogP) is -1.09. The van der Waals surface area contributed by atoms with Crippen LogP contribution in [0.5, 0.6) is 0 Å². The van der Waals surface area contributed by atoms with Gasteiger partial charge in [0.1, 0.15) is 12.3 Å². The normalized spacial score (nSPS) is 21.8. The highest BCUT2D eigenvalue weighted by molar-refractivity contribution is 5.96. The van der Waals surface area contributed by atoms with Crippen LogP contribution in [0.3, 0.4) is 0 Å². The molecule has 2 heterocycles. The standard InChI is InChI=1S/C17H23FN4O6/c1-2-3-6-19-13(24)4-5-14(25)20-8-12-11(23)7-15(28-12)22-9-10(18)16(26)21-17(22)27/h4-5,9,11-12,15,23H,2-3,6-8H2,1H3,(H,19,24)(H,20,25)(H,21,26,27)/b5-4-/t11-,12+,15+/m0/s1. The lowest BCUT2D eigenvalue weighted by Crippen LogP contribution is -2.37. The van der Waals surface area contributed by atoms with Crippen LogP contribution >= 0.6 is 0 Å². The van der Waals surface area contributed by atoms with Crippen molar-refractivity contribution in [3.63, 3.8) is 0 Å². The van der Waals surface area contributed by atoms with E-state index in [0.717, 1.165) is 29.6 Å². The average molecular weight is 398 g/mol. The molecule has 154 valence electrons. The minimum atomic E-state index is -1.16. The molecule has 2 rings (SSSR count). The largest absolute Gasteiger partial charge is 0.390 e. The lowest BCUT2D eigenvalue weighted by atomic mass is 10.2. The number of carbonyl (C=O) groups is 2. The third kappa shape index (κ3) is 5.86. The van der Waals surface area contributed by atoms with E-state index in [-0.39, 0.29) is 18.9 Å². The Hall–Kier alpha value is -2.79. The molecule has 10 nitrogen and oxygen atoms in total. The van der Waals surface area contributed by atoms with E-state index in [2.05, 4.69) is 10.6 Å². The van der Waals surface area contributed by atoms with Gasteiger partial charge in [-0.2, -0.15) is 4.39 Å². The molecule has 0 spiro atoms. The first-order valence-electron chi connectivity index (χ1n) is 8.90. The molecule has 1 saturated heterocycles. The molecule has 0 aromatic carbocycles. The Morgan fingerprint density at radius 3 is 2.71 bits per heavy atom. The van der Waals surface area contributed by atoms with Crippen molar-refractivity contribution in [3.8, 4) is 0 Å². The van der Waals surface area contributed by atoms with Crippen LogP contribution in [0.1, 0.15) is 32.4 Å². The molecule has 0 radical (unpaired) electrons. The molecule has 3 atom stereocenters. The van der Waals surface area contributed by atoms with Crippen LogP contribution in [0.15, 0.2) is 27.9 Å². The van der Waals surface area contributed by atoms with E-state index in [0.29, 0.717) is 12.7 Å². The summed E-state index contributed by atoms with van der Waals surface area (Å²) in [5.74, 6) is -2.10. The SMILES string of the molecule is CCCCNC(=O)/C=C\C(=O)NC[C@H]1O[C@@H](n2cc(F)c(=O)[nH]c2=O)C[C@@H]1O. The molecule has 1 aromatic heterocycles. The number of hydrogen-bond acceptors (Lipinski definition) is 6. The predicted molar refractivity (Wildman–Crippen MR) is 95.9 cm³/mol. The van der Waals surface area contributed by atoms with E-state index in [9.17, 15) is 28.7 Å². The highest BCUT2D eigenvalue weighted by atomic mass is 19.1. The molecule has 0 unspecified atom stereocenters. The van der Waals surface area contributed by atoms with Gasteiger partial charge in [0, 0.05) is 31.7 Å². The van der Waals surface area contributed by atoms with Crippen molar-refractivity contribution in [2.75, 3.05) is 13.1 Å². The van der Waals surface area contributed by atoms with Crippen LogP contribution in [-0.4, -0.2) is 51.8 Å². The molecule has 28 heavy (non-hydrogen) atoms. The van der Waals surface area contributed by atoms with Crippen molar-refractivity contribution >= 4 is 11.8 Å². The number of H-pyrrole nitrogens is 1. The maximum atomic E-state index is 13.4. The summed E-state index contributed by atoms with van der Waals surface area (Å²) >= 11 is 0. The van der Waals surface area contributed by atoms with Crippen LogP contribution < -0.4 is 21.9 Å². The van der Waals surface area contributed by atoms with Crippen molar-refractivity contribution in [1.29, 1.82) is 0 Å². The van der Waals surface area contributed by atoms with E-state index in [4.69, 9.17) is 4.74 Å². The Labute approximate surface area is 159 Å². The maximum absolute atomic E-state index is 13.4. The summed E-state index contributed by atoms with van der Waals surface area (Å²) < 4.78 is 19.7. The Kier molecular flexibility index (Phi) is 7.64. The van der Waals surface area contributed by atoms with Crippen LogP contribution in [0.2, 0.25) is 0 Å². The fourth-order valence-corrected chi connectivity index (χ4v) is 2.60. The van der Waals surface area contributed by atoms with Gasteiger partial charge in [-0.05, 0) is 6.42 Å². The molecular formula is C17H23FN4O6. The second-order valence-electron chi connectivity index (χ2n) is 6.30. The summed E-state index contributed by atoms with van der Waals surface area (Å²) in [6.07, 6.45) is 1.76. The summed E-state index contributed by atoms with van der Waals surface area (Å²) in [6.45, 7) is 2.43. The lowest BCUT2D eigenvalue weighted by molar-refractivity contribution is -0.119. The summed E-state index contributed by atoms with van der Waals surface area (Å²) in [5.41, 5.74) is -2.01. The first-order chi connectivity index (χ1) is 13.3. The van der Waals surface area contributed by atoms with Gasteiger partial charge in [0.25, 0.3) is 5.56 Å². The minimum Gasteiger partial charge on any atom is -0.390 e. The summed E-state index contributed by atoms with van der Waals surface area (Å²) in [4.78, 5) is 47.9. The first kappa shape index (κ1) is 21.5. The number of aromatic nitrogens is 2. The van der Waals surface area contributed by atoms with Gasteiger partial charge >= 0.3 is 5.69 Å². The molecule has 11 heteroatoms. The fraction of sp³-hybridized carbons (Fsp3) is 0.529. The number of hydrogen-bond donors (Lipinski definition) is 4. The number of nitrogens with zero attached hydrogens (tertiary/aromatic N) is 1. The molecular weight excluding hydrogens is 375 g/mol. The monoisotopic (exact) mass is 398 g/mol. The van der Waals surface area contributed by atoms with Gasteiger partial charge in [0.15, 0.2) is 0 Å². The quantitative estimate of drug-likeness (QED) is 0.324. The number of rotatable bonds is 8. The number of carbonyl (C=O) groups excluding carboxylic acids is 2. The number of aliphatic hydroxyl groups excluding tert-OH is 1. The van der Waals surface area contributed by atoms with Crippen molar-refractivity contribution in [2.45, 2.75) is 44.6 Å². The zero-order valence-electron chi connectivity index (χ0n) is 15.3. The lowest BCUT2D eigenvalue weighted by Gasteiger charge is -2.16.